The van der Waals surface area contributed by atoms with Crippen LogP contribution in [0.2, 0.25) is 0 Å². The van der Waals surface area contributed by atoms with Gasteiger partial charge in [0, 0.05) is 17.3 Å². The first kappa shape index (κ1) is 12.1. The molecule has 19 heavy (non-hydrogen) atoms. The second kappa shape index (κ2) is 2.97. The van der Waals surface area contributed by atoms with Crippen LogP contribution in [0.25, 0.3) is 0 Å². The highest BCUT2D eigenvalue weighted by molar-refractivity contribution is 5.97. The van der Waals surface area contributed by atoms with Crippen LogP contribution in [0.5, 0.6) is 0 Å². The Morgan fingerprint density at radius 3 is 2.84 bits per heavy atom. The van der Waals surface area contributed by atoms with Gasteiger partial charge >= 0.3 is 0 Å². The lowest BCUT2D eigenvalue weighted by Gasteiger charge is -2.52. The minimum Gasteiger partial charge on any atom is -0.393 e. The molecule has 2 heterocycles. The number of aliphatic hydroxyl groups excluding tert-OH is 1. The fraction of sp³-hybridized carbons (Fsp3) is 0.800. The quantitative estimate of drug-likeness (QED) is 0.781. The molecule has 2 saturated heterocycles. The predicted octanol–water partition coefficient (Wildman–Crippen LogP) is 1.57. The van der Waals surface area contributed by atoms with Gasteiger partial charge in [0.25, 0.3) is 0 Å². The Kier molecular flexibility index (Phi) is 1.89. The SMILES string of the molecule is CC1=C[C@]23O[C@@H]4CC[C@](C)([C@@]2(C)CC1=O)[C@]4(CO)O3. The van der Waals surface area contributed by atoms with E-state index in [-0.39, 0.29) is 29.3 Å². The average molecular weight is 264 g/mol. The van der Waals surface area contributed by atoms with Crippen LogP contribution in [-0.4, -0.2) is 35.0 Å². The smallest absolute Gasteiger partial charge is 0.196 e. The number of carbonyl (C=O) groups excluding carboxylic acids is 1. The number of Topliss-reactive ketones (excluding diaryl/α,β-unsaturated/α-hetero) is 1. The summed E-state index contributed by atoms with van der Waals surface area (Å²) < 4.78 is 12.5. The first-order chi connectivity index (χ1) is 8.84. The Hall–Kier alpha value is -0.710. The van der Waals surface area contributed by atoms with Crippen LogP contribution < -0.4 is 0 Å². The molecular weight excluding hydrogens is 244 g/mol. The summed E-state index contributed by atoms with van der Waals surface area (Å²) in [6.07, 6.45) is 4.10. The molecule has 4 aliphatic rings. The fourth-order valence-electron chi connectivity index (χ4n) is 5.10. The zero-order valence-corrected chi connectivity index (χ0v) is 11.7. The first-order valence-corrected chi connectivity index (χ1v) is 7.06. The van der Waals surface area contributed by atoms with Crippen molar-refractivity contribution >= 4 is 5.78 Å². The highest BCUT2D eigenvalue weighted by atomic mass is 16.8. The summed E-state index contributed by atoms with van der Waals surface area (Å²) in [5, 5.41) is 9.97. The molecule has 0 radical (unpaired) electrons. The van der Waals surface area contributed by atoms with E-state index in [1.54, 1.807) is 0 Å². The second-order valence-electron chi connectivity index (χ2n) is 7.05. The molecule has 4 rings (SSSR count). The summed E-state index contributed by atoms with van der Waals surface area (Å²) in [6, 6.07) is 0. The molecule has 0 amide bonds. The van der Waals surface area contributed by atoms with E-state index in [4.69, 9.17) is 9.47 Å². The number of carbonyl (C=O) groups is 1. The number of hydrogen-bond acceptors (Lipinski definition) is 4. The average Bonchev–Trinajstić information content (AvgIpc) is 2.84. The van der Waals surface area contributed by atoms with E-state index in [1.807, 2.05) is 13.0 Å². The van der Waals surface area contributed by atoms with E-state index >= 15 is 0 Å². The van der Waals surface area contributed by atoms with Gasteiger partial charge in [-0.25, -0.2) is 0 Å². The number of hydrogen-bond donors (Lipinski definition) is 1. The number of fused-ring (bicyclic) bond motifs is 1. The largest absolute Gasteiger partial charge is 0.393 e. The molecule has 2 aliphatic carbocycles. The summed E-state index contributed by atoms with van der Waals surface area (Å²) in [5.41, 5.74) is -0.504. The molecule has 0 aromatic carbocycles. The Morgan fingerprint density at radius 1 is 1.42 bits per heavy atom. The Morgan fingerprint density at radius 2 is 2.16 bits per heavy atom. The van der Waals surface area contributed by atoms with Gasteiger partial charge in [0.1, 0.15) is 5.60 Å². The van der Waals surface area contributed by atoms with Crippen molar-refractivity contribution in [1.29, 1.82) is 0 Å². The molecule has 0 aromatic rings. The Bertz CT molecular complexity index is 526. The van der Waals surface area contributed by atoms with Crippen molar-refractivity contribution < 1.29 is 19.4 Å². The van der Waals surface area contributed by atoms with Crippen LogP contribution in [0.4, 0.5) is 0 Å². The maximum Gasteiger partial charge on any atom is 0.196 e. The third-order valence-corrected chi connectivity index (χ3v) is 6.59. The number of rotatable bonds is 1. The first-order valence-electron chi connectivity index (χ1n) is 7.06. The molecule has 0 unspecified atom stereocenters. The third kappa shape index (κ3) is 0.920. The molecule has 0 aromatic heterocycles. The van der Waals surface area contributed by atoms with Gasteiger partial charge in [-0.3, -0.25) is 4.79 Å². The predicted molar refractivity (Wildman–Crippen MR) is 67.3 cm³/mol. The van der Waals surface area contributed by atoms with Crippen LogP contribution >= 0.6 is 0 Å². The van der Waals surface area contributed by atoms with Gasteiger partial charge in [0.15, 0.2) is 11.6 Å². The lowest BCUT2D eigenvalue weighted by atomic mass is 9.53. The van der Waals surface area contributed by atoms with E-state index in [0.29, 0.717) is 6.42 Å². The van der Waals surface area contributed by atoms with Crippen molar-refractivity contribution in [2.24, 2.45) is 10.8 Å². The van der Waals surface area contributed by atoms with Gasteiger partial charge in [0.05, 0.1) is 12.7 Å². The van der Waals surface area contributed by atoms with Crippen molar-refractivity contribution in [2.75, 3.05) is 6.61 Å². The van der Waals surface area contributed by atoms with Gasteiger partial charge in [-0.1, -0.05) is 13.8 Å². The molecule has 2 bridgehead atoms. The third-order valence-electron chi connectivity index (χ3n) is 6.59. The normalized spacial score (nSPS) is 58.4. The zero-order valence-electron chi connectivity index (χ0n) is 11.7. The molecule has 4 nitrogen and oxygen atoms in total. The van der Waals surface area contributed by atoms with Crippen molar-refractivity contribution in [3.63, 3.8) is 0 Å². The van der Waals surface area contributed by atoms with Crippen LogP contribution in [0.1, 0.15) is 40.0 Å². The molecule has 1 spiro atoms. The molecule has 1 N–H and O–H groups in total. The van der Waals surface area contributed by atoms with E-state index in [0.717, 1.165) is 18.4 Å². The Labute approximate surface area is 112 Å². The highest BCUT2D eigenvalue weighted by Gasteiger charge is 2.85. The zero-order chi connectivity index (χ0) is 13.7. The van der Waals surface area contributed by atoms with Gasteiger partial charge in [-0.05, 0) is 31.4 Å². The van der Waals surface area contributed by atoms with Crippen LogP contribution in [-0.2, 0) is 14.3 Å². The minimum absolute atomic E-state index is 0.0351. The lowest BCUT2D eigenvalue weighted by molar-refractivity contribution is -0.199. The summed E-state index contributed by atoms with van der Waals surface area (Å²) >= 11 is 0. The Balaban J connectivity index is 2.00. The van der Waals surface area contributed by atoms with Crippen molar-refractivity contribution in [2.45, 2.75) is 57.5 Å². The number of allylic oxidation sites excluding steroid dienone is 1. The summed E-state index contributed by atoms with van der Waals surface area (Å²) in [5.74, 6) is -0.644. The van der Waals surface area contributed by atoms with E-state index < -0.39 is 11.4 Å². The second-order valence-corrected chi connectivity index (χ2v) is 7.05. The van der Waals surface area contributed by atoms with Crippen LogP contribution in [0.3, 0.4) is 0 Å². The summed E-state index contributed by atoms with van der Waals surface area (Å²) in [7, 11) is 0. The van der Waals surface area contributed by atoms with Crippen molar-refractivity contribution in [1.82, 2.24) is 0 Å². The van der Waals surface area contributed by atoms with Gasteiger partial charge in [0.2, 0.25) is 0 Å². The van der Waals surface area contributed by atoms with Crippen molar-refractivity contribution in [3.8, 4) is 0 Å². The summed E-state index contributed by atoms with van der Waals surface area (Å²) in [4.78, 5) is 12.2. The van der Waals surface area contributed by atoms with Crippen LogP contribution in [0.15, 0.2) is 11.6 Å². The standard InChI is InChI=1S/C15H20O4/c1-9-6-15-13(3,7-10(9)17)12(2)5-4-11(18-15)14(12,8-16)19-15/h6,11,16H,4-5,7-8H2,1-3H3/t11-,12-,13-,14-,15-/m1/s1. The summed E-state index contributed by atoms with van der Waals surface area (Å²) in [6.45, 7) is 6.04. The van der Waals surface area contributed by atoms with Crippen LogP contribution in [0, 0.1) is 10.8 Å². The molecular formula is C15H20O4. The van der Waals surface area contributed by atoms with E-state index in [9.17, 15) is 9.90 Å². The number of ketones is 1. The highest BCUT2D eigenvalue weighted by Crippen LogP contribution is 2.77. The fourth-order valence-corrected chi connectivity index (χ4v) is 5.10. The topological polar surface area (TPSA) is 55.8 Å². The lowest BCUT2D eigenvalue weighted by Crippen LogP contribution is -2.61. The molecule has 2 aliphatic heterocycles. The maximum atomic E-state index is 12.2. The monoisotopic (exact) mass is 264 g/mol. The molecule has 5 atom stereocenters. The van der Waals surface area contributed by atoms with Gasteiger partial charge in [-0.2, -0.15) is 0 Å². The number of aliphatic hydroxyl groups is 1. The number of ether oxygens (including phenoxy) is 2. The van der Waals surface area contributed by atoms with Gasteiger partial charge < -0.3 is 14.6 Å². The molecule has 3 fully saturated rings. The molecule has 104 valence electrons. The minimum atomic E-state index is -0.816. The molecule has 4 heteroatoms. The van der Waals surface area contributed by atoms with E-state index in [2.05, 4.69) is 13.8 Å². The van der Waals surface area contributed by atoms with E-state index in [1.165, 1.54) is 0 Å². The van der Waals surface area contributed by atoms with Gasteiger partial charge in [-0.15, -0.1) is 0 Å². The van der Waals surface area contributed by atoms with Crippen molar-refractivity contribution in [3.05, 3.63) is 11.6 Å². The maximum absolute atomic E-state index is 12.2. The molecule has 1 saturated carbocycles.